The molecule has 12 heteroatoms. The molecular weight excluding hydrogens is 435 g/mol. The second-order valence-corrected chi connectivity index (χ2v) is 8.24. The van der Waals surface area contributed by atoms with Gasteiger partial charge in [0.25, 0.3) is 5.56 Å². The molecular formula is C18H29N2O8PS. The van der Waals surface area contributed by atoms with Gasteiger partial charge >= 0.3 is 5.69 Å². The fraction of sp³-hybridized carbons (Fsp3) is 0.722. The number of ether oxygens (including phenoxy) is 3. The van der Waals surface area contributed by atoms with Crippen molar-refractivity contribution in [2.24, 2.45) is 0 Å². The van der Waals surface area contributed by atoms with Crippen LogP contribution in [0.25, 0.3) is 0 Å². The molecule has 0 aliphatic carbocycles. The van der Waals surface area contributed by atoms with Gasteiger partial charge in [0, 0.05) is 31.5 Å². The van der Waals surface area contributed by atoms with E-state index in [1.807, 2.05) is 13.8 Å². The van der Waals surface area contributed by atoms with Crippen molar-refractivity contribution in [1.82, 2.24) is 9.55 Å². The Bertz CT molecular complexity index is 773. The molecule has 1 aromatic rings. The van der Waals surface area contributed by atoms with Gasteiger partial charge in [-0.05, 0) is 6.42 Å². The number of H-pyrrole nitrogens is 1. The molecule has 1 aromatic heterocycles. The van der Waals surface area contributed by atoms with Crippen molar-refractivity contribution in [3.8, 4) is 0 Å². The summed E-state index contributed by atoms with van der Waals surface area (Å²) in [6.07, 6.45) is 0.579. The first-order chi connectivity index (χ1) is 14.5. The molecule has 1 saturated heterocycles. The highest BCUT2D eigenvalue weighted by atomic mass is 32.2. The van der Waals surface area contributed by atoms with Gasteiger partial charge < -0.3 is 23.3 Å². The fourth-order valence-corrected chi connectivity index (χ4v) is 4.20. The highest BCUT2D eigenvalue weighted by Crippen LogP contribution is 2.37. The number of hydrogen-bond donors (Lipinski definition) is 1. The van der Waals surface area contributed by atoms with Crippen LogP contribution in [0.3, 0.4) is 0 Å². The first kappa shape index (κ1) is 25.2. The van der Waals surface area contributed by atoms with E-state index in [1.165, 1.54) is 35.7 Å². The average Bonchev–Trinajstić information content (AvgIpc) is 3.09. The second kappa shape index (κ2) is 13.4. The molecule has 170 valence electrons. The number of methoxy groups -OCH3 is 1. The highest BCUT2D eigenvalue weighted by molar-refractivity contribution is 8.13. The predicted octanol–water partition coefficient (Wildman–Crippen LogP) is 1.46. The summed E-state index contributed by atoms with van der Waals surface area (Å²) in [4.78, 5) is 36.8. The standard InChI is InChI=1S/C18H29N2O8PS/c1-4-12-15(28-29-26-9-8-25-10-11-30-14(22)5-2)16(24-3)17(27-12)20-7-6-13(21)19-18(20)23/h6-7,12,15-17,29H,4-5,8-11H2,1-3H3,(H,19,21,23)/t12-,15?,16+,17-/m1/s1. The van der Waals surface area contributed by atoms with E-state index in [-0.39, 0.29) is 20.3 Å². The maximum Gasteiger partial charge on any atom is 0.330 e. The maximum atomic E-state index is 12.1. The summed E-state index contributed by atoms with van der Waals surface area (Å²) < 4.78 is 29.6. The van der Waals surface area contributed by atoms with E-state index in [2.05, 4.69) is 4.98 Å². The van der Waals surface area contributed by atoms with E-state index in [0.717, 1.165) is 0 Å². The van der Waals surface area contributed by atoms with Crippen molar-refractivity contribution in [3.05, 3.63) is 33.1 Å². The Hall–Kier alpha value is -1.07. The van der Waals surface area contributed by atoms with Crippen molar-refractivity contribution >= 4 is 25.9 Å². The van der Waals surface area contributed by atoms with Crippen molar-refractivity contribution < 1.29 is 28.1 Å². The molecule has 1 aliphatic heterocycles. The molecule has 1 aliphatic rings. The molecule has 1 fully saturated rings. The summed E-state index contributed by atoms with van der Waals surface area (Å²) in [6.45, 7) is 5.03. The van der Waals surface area contributed by atoms with E-state index in [4.69, 9.17) is 23.3 Å². The van der Waals surface area contributed by atoms with Gasteiger partial charge in [-0.25, -0.2) is 4.79 Å². The average molecular weight is 464 g/mol. The molecule has 2 rings (SSSR count). The number of aromatic amines is 1. The summed E-state index contributed by atoms with van der Waals surface area (Å²) in [7, 11) is 1.27. The summed E-state index contributed by atoms with van der Waals surface area (Å²) in [6, 6.07) is 1.26. The van der Waals surface area contributed by atoms with Crippen molar-refractivity contribution in [2.45, 2.75) is 51.2 Å². The van der Waals surface area contributed by atoms with Gasteiger partial charge in [0.15, 0.2) is 20.4 Å². The number of carbonyl (C=O) groups is 1. The number of carbonyl (C=O) groups excluding carboxylic acids is 1. The van der Waals surface area contributed by atoms with Crippen LogP contribution in [0.5, 0.6) is 0 Å². The zero-order valence-electron chi connectivity index (χ0n) is 17.3. The van der Waals surface area contributed by atoms with Crippen LogP contribution >= 0.6 is 20.8 Å². The number of nitrogens with one attached hydrogen (secondary N) is 1. The Labute approximate surface area is 180 Å². The molecule has 0 spiro atoms. The lowest BCUT2D eigenvalue weighted by Crippen LogP contribution is -2.38. The smallest absolute Gasteiger partial charge is 0.330 e. The first-order valence-corrected chi connectivity index (χ1v) is 11.6. The lowest BCUT2D eigenvalue weighted by atomic mass is 10.1. The quantitative estimate of drug-likeness (QED) is 0.342. The van der Waals surface area contributed by atoms with Crippen LogP contribution in [0, 0.1) is 0 Å². The molecule has 0 bridgehead atoms. The van der Waals surface area contributed by atoms with Crippen LogP contribution in [-0.4, -0.2) is 65.7 Å². The SMILES string of the molecule is CCC(=O)SCCOCCOPOC1[C@@H](CC)O[C@@H](n2ccc(=O)[nH]c2=O)[C@H]1OC. The molecule has 2 unspecified atom stereocenters. The zero-order chi connectivity index (χ0) is 21.9. The molecule has 5 atom stereocenters. The third-order valence-electron chi connectivity index (χ3n) is 4.44. The van der Waals surface area contributed by atoms with Crippen molar-refractivity contribution in [1.29, 1.82) is 0 Å². The van der Waals surface area contributed by atoms with E-state index >= 15 is 0 Å². The van der Waals surface area contributed by atoms with Crippen LogP contribution in [0.2, 0.25) is 0 Å². The molecule has 0 aromatic carbocycles. The van der Waals surface area contributed by atoms with E-state index < -0.39 is 29.7 Å². The third kappa shape index (κ3) is 7.26. The van der Waals surface area contributed by atoms with E-state index in [9.17, 15) is 14.4 Å². The predicted molar refractivity (Wildman–Crippen MR) is 114 cm³/mol. The van der Waals surface area contributed by atoms with Gasteiger partial charge in [-0.1, -0.05) is 25.6 Å². The summed E-state index contributed by atoms with van der Waals surface area (Å²) >= 11 is 1.27. The summed E-state index contributed by atoms with van der Waals surface area (Å²) in [5.41, 5.74) is -1.05. The minimum absolute atomic E-state index is 0.157. The van der Waals surface area contributed by atoms with Gasteiger partial charge in [0.05, 0.1) is 25.9 Å². The lowest BCUT2D eigenvalue weighted by molar-refractivity contribution is -0.110. The zero-order valence-corrected chi connectivity index (χ0v) is 19.1. The molecule has 30 heavy (non-hydrogen) atoms. The normalized spacial score (nSPS) is 24.1. The Balaban J connectivity index is 1.78. The number of thioether (sulfide) groups is 1. The molecule has 0 radical (unpaired) electrons. The number of nitrogens with zero attached hydrogens (tertiary/aromatic N) is 1. The Kier molecular flexibility index (Phi) is 11.2. The van der Waals surface area contributed by atoms with Crippen LogP contribution in [-0.2, 0) is 28.1 Å². The molecule has 2 heterocycles. The maximum absolute atomic E-state index is 12.1. The minimum Gasteiger partial charge on any atom is -0.378 e. The van der Waals surface area contributed by atoms with Crippen molar-refractivity contribution in [2.75, 3.05) is 32.7 Å². The fourth-order valence-electron chi connectivity index (χ4n) is 2.93. The summed E-state index contributed by atoms with van der Waals surface area (Å²) in [5.74, 6) is 0.629. The number of aromatic nitrogens is 2. The van der Waals surface area contributed by atoms with Gasteiger partial charge in [-0.3, -0.25) is 19.1 Å². The van der Waals surface area contributed by atoms with Gasteiger partial charge in [0.1, 0.15) is 12.2 Å². The first-order valence-electron chi connectivity index (χ1n) is 9.77. The molecule has 0 amide bonds. The van der Waals surface area contributed by atoms with E-state index in [1.54, 1.807) is 0 Å². The number of hydrogen-bond acceptors (Lipinski definition) is 9. The third-order valence-corrected chi connectivity index (χ3v) is 6.11. The topological polar surface area (TPSA) is 118 Å². The van der Waals surface area contributed by atoms with Crippen LogP contribution < -0.4 is 11.2 Å². The van der Waals surface area contributed by atoms with Crippen LogP contribution in [0.4, 0.5) is 0 Å². The molecule has 1 N–H and O–H groups in total. The van der Waals surface area contributed by atoms with Crippen molar-refractivity contribution in [3.63, 3.8) is 0 Å². The lowest BCUT2D eigenvalue weighted by Gasteiger charge is -2.23. The molecule has 10 nitrogen and oxygen atoms in total. The highest BCUT2D eigenvalue weighted by Gasteiger charge is 2.46. The Morgan fingerprint density at radius 3 is 2.73 bits per heavy atom. The van der Waals surface area contributed by atoms with Gasteiger partial charge in [0.2, 0.25) is 0 Å². The Morgan fingerprint density at radius 2 is 2.07 bits per heavy atom. The largest absolute Gasteiger partial charge is 0.378 e. The van der Waals surface area contributed by atoms with Crippen LogP contribution in [0.15, 0.2) is 21.9 Å². The number of rotatable bonds is 13. The monoisotopic (exact) mass is 464 g/mol. The van der Waals surface area contributed by atoms with Gasteiger partial charge in [-0.2, -0.15) is 0 Å². The van der Waals surface area contributed by atoms with Crippen LogP contribution in [0.1, 0.15) is 32.9 Å². The van der Waals surface area contributed by atoms with E-state index in [0.29, 0.717) is 38.4 Å². The summed E-state index contributed by atoms with van der Waals surface area (Å²) in [5, 5.41) is 0.157. The second-order valence-electron chi connectivity index (χ2n) is 6.39. The van der Waals surface area contributed by atoms with Gasteiger partial charge in [-0.15, -0.1) is 0 Å². The minimum atomic E-state index is -0.717. The Morgan fingerprint density at radius 1 is 1.27 bits per heavy atom. The molecule has 0 saturated carbocycles.